The van der Waals surface area contributed by atoms with E-state index in [0.717, 1.165) is 22.0 Å². The van der Waals surface area contributed by atoms with Crippen molar-refractivity contribution in [3.05, 3.63) is 33.4 Å². The number of amides is 1. The van der Waals surface area contributed by atoms with Gasteiger partial charge in [0.1, 0.15) is 5.78 Å². The molecule has 4 heteroatoms. The fraction of sp³-hybridized carbons (Fsp3) is 0.429. The number of hydrogen-bond acceptors (Lipinski definition) is 2. The van der Waals surface area contributed by atoms with Gasteiger partial charge in [-0.1, -0.05) is 6.07 Å². The second-order valence-electron chi connectivity index (χ2n) is 4.70. The summed E-state index contributed by atoms with van der Waals surface area (Å²) in [6.45, 7) is 0. The summed E-state index contributed by atoms with van der Waals surface area (Å²) in [5.41, 5.74) is 0.723. The topological polar surface area (TPSA) is 37.4 Å². The van der Waals surface area contributed by atoms with Gasteiger partial charge in [0.05, 0.1) is 0 Å². The van der Waals surface area contributed by atoms with Crippen LogP contribution in [0.1, 0.15) is 36.0 Å². The van der Waals surface area contributed by atoms with Gasteiger partial charge >= 0.3 is 0 Å². The minimum Gasteiger partial charge on any atom is -0.339 e. The summed E-state index contributed by atoms with van der Waals surface area (Å²) in [7, 11) is 1.84. The number of carbonyl (C=O) groups excluding carboxylic acids is 2. The lowest BCUT2D eigenvalue weighted by Gasteiger charge is -2.30. The zero-order valence-electron chi connectivity index (χ0n) is 10.4. The first-order chi connectivity index (χ1) is 8.58. The maximum Gasteiger partial charge on any atom is 0.253 e. The van der Waals surface area contributed by atoms with E-state index in [1.165, 1.54) is 0 Å². The average molecular weight is 357 g/mol. The molecule has 3 nitrogen and oxygen atoms in total. The molecular formula is C14H16INO2. The third-order valence-electron chi connectivity index (χ3n) is 3.45. The summed E-state index contributed by atoms with van der Waals surface area (Å²) in [6, 6.07) is 7.81. The number of carbonyl (C=O) groups is 2. The smallest absolute Gasteiger partial charge is 0.253 e. The van der Waals surface area contributed by atoms with E-state index in [4.69, 9.17) is 0 Å². The van der Waals surface area contributed by atoms with E-state index in [1.54, 1.807) is 4.90 Å². The van der Waals surface area contributed by atoms with E-state index >= 15 is 0 Å². The van der Waals surface area contributed by atoms with Crippen molar-refractivity contribution in [1.82, 2.24) is 4.90 Å². The van der Waals surface area contributed by atoms with Crippen molar-refractivity contribution in [1.29, 1.82) is 0 Å². The van der Waals surface area contributed by atoms with Gasteiger partial charge in [-0.3, -0.25) is 9.59 Å². The summed E-state index contributed by atoms with van der Waals surface area (Å²) in [5, 5.41) is 0. The molecule has 0 bridgehead atoms. The van der Waals surface area contributed by atoms with Crippen LogP contribution in [0.25, 0.3) is 0 Å². The first-order valence-corrected chi connectivity index (χ1v) is 7.20. The van der Waals surface area contributed by atoms with Crippen LogP contribution in [0.3, 0.4) is 0 Å². The Labute approximate surface area is 121 Å². The Balaban J connectivity index is 2.07. The van der Waals surface area contributed by atoms with Gasteiger partial charge in [-0.15, -0.1) is 0 Å². The summed E-state index contributed by atoms with van der Waals surface area (Å²) < 4.78 is 1.06. The second kappa shape index (κ2) is 5.82. The third-order valence-corrected chi connectivity index (χ3v) is 4.12. The first kappa shape index (κ1) is 13.5. The molecule has 18 heavy (non-hydrogen) atoms. The summed E-state index contributed by atoms with van der Waals surface area (Å²) in [4.78, 5) is 25.3. The molecule has 0 radical (unpaired) electrons. The highest BCUT2D eigenvalue weighted by atomic mass is 127. The monoisotopic (exact) mass is 357 g/mol. The van der Waals surface area contributed by atoms with E-state index < -0.39 is 0 Å². The summed E-state index contributed by atoms with van der Waals surface area (Å²) >= 11 is 2.20. The minimum absolute atomic E-state index is 0.0489. The Morgan fingerprint density at radius 1 is 1.33 bits per heavy atom. The molecule has 2 rings (SSSR count). The Morgan fingerprint density at radius 3 is 2.61 bits per heavy atom. The van der Waals surface area contributed by atoms with Crippen molar-refractivity contribution in [3.63, 3.8) is 0 Å². The molecule has 0 saturated heterocycles. The van der Waals surface area contributed by atoms with E-state index in [1.807, 2.05) is 31.3 Å². The van der Waals surface area contributed by atoms with Crippen LogP contribution in [0, 0.1) is 3.57 Å². The predicted octanol–water partition coefficient (Wildman–Crippen LogP) is 2.87. The lowest BCUT2D eigenvalue weighted by atomic mass is 9.93. The van der Waals surface area contributed by atoms with Gasteiger partial charge in [0.15, 0.2) is 0 Å². The van der Waals surface area contributed by atoms with Crippen LogP contribution in [0.4, 0.5) is 0 Å². The SMILES string of the molecule is CN(C(=O)c1cccc(I)c1)C1CCC(=O)CC1. The van der Waals surface area contributed by atoms with Gasteiger partial charge < -0.3 is 4.90 Å². The molecule has 0 heterocycles. The molecule has 96 valence electrons. The molecule has 1 amide bonds. The molecule has 0 aromatic heterocycles. The number of benzene rings is 1. The molecule has 1 aromatic rings. The molecule has 0 N–H and O–H groups in total. The molecule has 1 saturated carbocycles. The predicted molar refractivity (Wildman–Crippen MR) is 78.5 cm³/mol. The average Bonchev–Trinajstić information content (AvgIpc) is 2.38. The lowest BCUT2D eigenvalue weighted by Crippen LogP contribution is -2.39. The normalized spacial score (nSPS) is 16.7. The molecular weight excluding hydrogens is 341 g/mol. The largest absolute Gasteiger partial charge is 0.339 e. The zero-order chi connectivity index (χ0) is 13.1. The quantitative estimate of drug-likeness (QED) is 0.764. The van der Waals surface area contributed by atoms with Crippen molar-refractivity contribution in [2.75, 3.05) is 7.05 Å². The third kappa shape index (κ3) is 3.10. The van der Waals surface area contributed by atoms with Crippen molar-refractivity contribution < 1.29 is 9.59 Å². The van der Waals surface area contributed by atoms with Gasteiger partial charge in [-0.2, -0.15) is 0 Å². The number of hydrogen-bond donors (Lipinski definition) is 0. The Morgan fingerprint density at radius 2 is 2.00 bits per heavy atom. The molecule has 0 atom stereocenters. The maximum atomic E-state index is 12.3. The van der Waals surface area contributed by atoms with Crippen molar-refractivity contribution in [3.8, 4) is 0 Å². The van der Waals surface area contributed by atoms with E-state index in [9.17, 15) is 9.59 Å². The van der Waals surface area contributed by atoms with Gasteiger partial charge in [0, 0.05) is 35.1 Å². The van der Waals surface area contributed by atoms with Gasteiger partial charge in [-0.05, 0) is 53.6 Å². The molecule has 0 unspecified atom stereocenters. The van der Waals surface area contributed by atoms with Crippen LogP contribution in [-0.4, -0.2) is 29.7 Å². The van der Waals surface area contributed by atoms with Crippen molar-refractivity contribution >= 4 is 34.3 Å². The fourth-order valence-corrected chi connectivity index (χ4v) is 2.85. The van der Waals surface area contributed by atoms with Crippen LogP contribution in [0.2, 0.25) is 0 Å². The molecule has 1 aliphatic rings. The highest BCUT2D eigenvalue weighted by molar-refractivity contribution is 14.1. The molecule has 1 fully saturated rings. The van der Waals surface area contributed by atoms with E-state index in [-0.39, 0.29) is 11.9 Å². The van der Waals surface area contributed by atoms with Gasteiger partial charge in [0.25, 0.3) is 5.91 Å². The van der Waals surface area contributed by atoms with E-state index in [2.05, 4.69) is 22.6 Å². The summed E-state index contributed by atoms with van der Waals surface area (Å²) in [6.07, 6.45) is 2.80. The number of ketones is 1. The number of rotatable bonds is 2. The highest BCUT2D eigenvalue weighted by Crippen LogP contribution is 2.21. The van der Waals surface area contributed by atoms with E-state index in [0.29, 0.717) is 18.6 Å². The van der Waals surface area contributed by atoms with Crippen LogP contribution < -0.4 is 0 Å². The Bertz CT molecular complexity index is 463. The first-order valence-electron chi connectivity index (χ1n) is 6.12. The fourth-order valence-electron chi connectivity index (χ4n) is 2.30. The van der Waals surface area contributed by atoms with Crippen LogP contribution in [0.5, 0.6) is 0 Å². The Kier molecular flexibility index (Phi) is 4.37. The van der Waals surface area contributed by atoms with Crippen molar-refractivity contribution in [2.45, 2.75) is 31.7 Å². The van der Waals surface area contributed by atoms with Gasteiger partial charge in [-0.25, -0.2) is 0 Å². The summed E-state index contributed by atoms with van der Waals surface area (Å²) in [5.74, 6) is 0.370. The number of halogens is 1. The number of Topliss-reactive ketones (excluding diaryl/α,β-unsaturated/α-hetero) is 1. The highest BCUT2D eigenvalue weighted by Gasteiger charge is 2.25. The second-order valence-corrected chi connectivity index (χ2v) is 5.94. The molecule has 0 spiro atoms. The minimum atomic E-state index is 0.0489. The molecule has 1 aliphatic carbocycles. The molecule has 0 aliphatic heterocycles. The molecule has 1 aromatic carbocycles. The van der Waals surface area contributed by atoms with Crippen LogP contribution >= 0.6 is 22.6 Å². The lowest BCUT2D eigenvalue weighted by molar-refractivity contribution is -0.121. The number of nitrogens with zero attached hydrogens (tertiary/aromatic N) is 1. The standard InChI is InChI=1S/C14H16INO2/c1-16(12-5-7-13(17)8-6-12)14(18)10-3-2-4-11(15)9-10/h2-4,9,12H,5-8H2,1H3. The zero-order valence-corrected chi connectivity index (χ0v) is 12.5. The Hall–Kier alpha value is -0.910. The van der Waals surface area contributed by atoms with Crippen LogP contribution in [-0.2, 0) is 4.79 Å². The van der Waals surface area contributed by atoms with Gasteiger partial charge in [0.2, 0.25) is 0 Å². The van der Waals surface area contributed by atoms with Crippen molar-refractivity contribution in [2.24, 2.45) is 0 Å². The maximum absolute atomic E-state index is 12.3. The van der Waals surface area contributed by atoms with Crippen LogP contribution in [0.15, 0.2) is 24.3 Å².